The summed E-state index contributed by atoms with van der Waals surface area (Å²) in [5, 5.41) is 0. The quantitative estimate of drug-likeness (QED) is 0.622. The van der Waals surface area contributed by atoms with Gasteiger partial charge in [0.15, 0.2) is 0 Å². The van der Waals surface area contributed by atoms with Crippen molar-refractivity contribution in [1.82, 2.24) is 9.97 Å². The summed E-state index contributed by atoms with van der Waals surface area (Å²) in [6.07, 6.45) is 2.59. The smallest absolute Gasteiger partial charge is 0.232 e. The minimum atomic E-state index is 0.523. The maximum atomic E-state index is 5.67. The number of methoxy groups -OCH3 is 2. The summed E-state index contributed by atoms with van der Waals surface area (Å²) in [5.41, 5.74) is 3.48. The Morgan fingerprint density at radius 2 is 1.31 bits per heavy atom. The zero-order chi connectivity index (χ0) is 18.4. The van der Waals surface area contributed by atoms with E-state index < -0.39 is 0 Å². The Labute approximate surface area is 153 Å². The predicted octanol–water partition coefficient (Wildman–Crippen LogP) is 4.62. The van der Waals surface area contributed by atoms with E-state index in [1.54, 1.807) is 20.4 Å². The van der Waals surface area contributed by atoms with E-state index in [1.165, 1.54) is 0 Å². The highest BCUT2D eigenvalue weighted by Gasteiger charge is 2.13. The van der Waals surface area contributed by atoms with Crippen LogP contribution < -0.4 is 14.2 Å². The molecule has 134 valence electrons. The molecule has 5 heteroatoms. The lowest BCUT2D eigenvalue weighted by atomic mass is 10.0. The number of nitrogens with zero attached hydrogens (tertiary/aromatic N) is 2. The van der Waals surface area contributed by atoms with Crippen LogP contribution >= 0.6 is 0 Å². The molecule has 0 bridgehead atoms. The molecule has 0 aliphatic heterocycles. The lowest BCUT2D eigenvalue weighted by Crippen LogP contribution is -2.01. The fourth-order valence-corrected chi connectivity index (χ4v) is 2.56. The molecule has 3 rings (SSSR count). The van der Waals surface area contributed by atoms with Crippen molar-refractivity contribution in [3.05, 3.63) is 54.7 Å². The third kappa shape index (κ3) is 3.94. The second kappa shape index (κ2) is 8.34. The average Bonchev–Trinajstić information content (AvgIpc) is 2.72. The van der Waals surface area contributed by atoms with Crippen molar-refractivity contribution in [2.75, 3.05) is 20.8 Å². The summed E-state index contributed by atoms with van der Waals surface area (Å²) < 4.78 is 16.2. The fraction of sp³-hybridized carbons (Fsp3) is 0.238. The molecule has 0 aliphatic carbocycles. The van der Waals surface area contributed by atoms with Crippen LogP contribution in [0.5, 0.6) is 17.4 Å². The van der Waals surface area contributed by atoms with E-state index >= 15 is 0 Å². The molecule has 1 aromatic heterocycles. The summed E-state index contributed by atoms with van der Waals surface area (Å²) in [6.45, 7) is 2.67. The first kappa shape index (κ1) is 17.7. The molecule has 5 nitrogen and oxygen atoms in total. The molecule has 1 heterocycles. The van der Waals surface area contributed by atoms with Gasteiger partial charge in [0.2, 0.25) is 5.88 Å². The molecule has 0 saturated carbocycles. The summed E-state index contributed by atoms with van der Waals surface area (Å²) in [5.74, 6) is 2.12. The van der Waals surface area contributed by atoms with Crippen LogP contribution in [0.25, 0.3) is 22.5 Å². The highest BCUT2D eigenvalue weighted by molar-refractivity contribution is 5.78. The Morgan fingerprint density at radius 1 is 0.769 bits per heavy atom. The third-order valence-corrected chi connectivity index (χ3v) is 3.93. The van der Waals surface area contributed by atoms with Gasteiger partial charge in [-0.05, 0) is 55.0 Å². The highest BCUT2D eigenvalue weighted by atomic mass is 16.5. The summed E-state index contributed by atoms with van der Waals surface area (Å²) in [7, 11) is 3.30. The largest absolute Gasteiger partial charge is 0.497 e. The van der Waals surface area contributed by atoms with Crippen molar-refractivity contribution >= 4 is 0 Å². The van der Waals surface area contributed by atoms with E-state index in [0.717, 1.165) is 40.4 Å². The number of aromatic nitrogens is 2. The minimum Gasteiger partial charge on any atom is -0.497 e. The van der Waals surface area contributed by atoms with E-state index in [9.17, 15) is 0 Å². The van der Waals surface area contributed by atoms with Crippen molar-refractivity contribution in [2.45, 2.75) is 13.3 Å². The van der Waals surface area contributed by atoms with Gasteiger partial charge in [0.05, 0.1) is 32.7 Å². The van der Waals surface area contributed by atoms with Gasteiger partial charge in [-0.25, -0.2) is 9.97 Å². The van der Waals surface area contributed by atoms with Gasteiger partial charge in [-0.1, -0.05) is 6.92 Å². The summed E-state index contributed by atoms with van der Waals surface area (Å²) >= 11 is 0. The van der Waals surface area contributed by atoms with Gasteiger partial charge in [0.1, 0.15) is 17.2 Å². The molecule has 0 aliphatic rings. The Hall–Kier alpha value is -3.08. The first-order valence-corrected chi connectivity index (χ1v) is 8.54. The lowest BCUT2D eigenvalue weighted by molar-refractivity contribution is 0.304. The molecule has 26 heavy (non-hydrogen) atoms. The summed E-state index contributed by atoms with van der Waals surface area (Å²) in [4.78, 5) is 9.31. The molecule has 0 amide bonds. The Bertz CT molecular complexity index is 846. The van der Waals surface area contributed by atoms with Crippen LogP contribution in [0.2, 0.25) is 0 Å². The van der Waals surface area contributed by atoms with Crippen LogP contribution in [0.4, 0.5) is 0 Å². The molecule has 0 saturated heterocycles. The normalized spacial score (nSPS) is 10.4. The van der Waals surface area contributed by atoms with Gasteiger partial charge in [-0.3, -0.25) is 0 Å². The van der Waals surface area contributed by atoms with Gasteiger partial charge in [0, 0.05) is 11.1 Å². The SMILES string of the molecule is CCCOc1cnc(-c2ccc(OC)cc2)c(-c2ccc(OC)cc2)n1. The number of ether oxygens (including phenoxy) is 3. The number of hydrogen-bond acceptors (Lipinski definition) is 5. The lowest BCUT2D eigenvalue weighted by Gasteiger charge is -2.12. The van der Waals surface area contributed by atoms with Crippen LogP contribution in [0, 0.1) is 0 Å². The topological polar surface area (TPSA) is 53.5 Å². The van der Waals surface area contributed by atoms with Gasteiger partial charge in [0.25, 0.3) is 0 Å². The van der Waals surface area contributed by atoms with Crippen LogP contribution in [0.3, 0.4) is 0 Å². The van der Waals surface area contributed by atoms with Gasteiger partial charge >= 0.3 is 0 Å². The van der Waals surface area contributed by atoms with Crippen LogP contribution in [0.1, 0.15) is 13.3 Å². The fourth-order valence-electron chi connectivity index (χ4n) is 2.56. The van der Waals surface area contributed by atoms with E-state index in [2.05, 4.69) is 11.9 Å². The molecule has 0 fully saturated rings. The molecule has 0 radical (unpaired) electrons. The van der Waals surface area contributed by atoms with E-state index in [-0.39, 0.29) is 0 Å². The average molecular weight is 350 g/mol. The Balaban J connectivity index is 2.06. The molecular weight excluding hydrogens is 328 g/mol. The molecule has 0 spiro atoms. The summed E-state index contributed by atoms with van der Waals surface area (Å²) in [6, 6.07) is 15.5. The monoisotopic (exact) mass is 350 g/mol. The highest BCUT2D eigenvalue weighted by Crippen LogP contribution is 2.32. The van der Waals surface area contributed by atoms with E-state index in [4.69, 9.17) is 19.2 Å². The zero-order valence-electron chi connectivity index (χ0n) is 15.2. The Kier molecular flexibility index (Phi) is 5.69. The maximum Gasteiger partial charge on any atom is 0.232 e. The zero-order valence-corrected chi connectivity index (χ0v) is 15.2. The van der Waals surface area contributed by atoms with Gasteiger partial charge in [-0.2, -0.15) is 0 Å². The van der Waals surface area contributed by atoms with Crippen molar-refractivity contribution in [1.29, 1.82) is 0 Å². The van der Waals surface area contributed by atoms with Crippen LogP contribution in [-0.2, 0) is 0 Å². The number of rotatable bonds is 7. The molecule has 0 unspecified atom stereocenters. The number of hydrogen-bond donors (Lipinski definition) is 0. The van der Waals surface area contributed by atoms with Crippen molar-refractivity contribution in [2.24, 2.45) is 0 Å². The predicted molar refractivity (Wildman–Crippen MR) is 102 cm³/mol. The van der Waals surface area contributed by atoms with Crippen LogP contribution in [0.15, 0.2) is 54.7 Å². The second-order valence-corrected chi connectivity index (χ2v) is 5.71. The molecular formula is C21H22N2O3. The maximum absolute atomic E-state index is 5.67. The standard InChI is InChI=1S/C21H22N2O3/c1-4-13-26-19-14-22-20(15-5-9-17(24-2)10-6-15)21(23-19)16-7-11-18(25-3)12-8-16/h5-12,14H,4,13H2,1-3H3. The Morgan fingerprint density at radius 3 is 1.81 bits per heavy atom. The second-order valence-electron chi connectivity index (χ2n) is 5.71. The molecule has 0 atom stereocenters. The van der Waals surface area contributed by atoms with E-state index in [1.807, 2.05) is 48.5 Å². The van der Waals surface area contributed by atoms with Gasteiger partial charge < -0.3 is 14.2 Å². The van der Waals surface area contributed by atoms with E-state index in [0.29, 0.717) is 12.5 Å². The molecule has 3 aromatic rings. The van der Waals surface area contributed by atoms with Crippen molar-refractivity contribution in [3.63, 3.8) is 0 Å². The molecule has 0 N–H and O–H groups in total. The number of benzene rings is 2. The van der Waals surface area contributed by atoms with Crippen LogP contribution in [-0.4, -0.2) is 30.8 Å². The first-order valence-electron chi connectivity index (χ1n) is 8.54. The van der Waals surface area contributed by atoms with Crippen molar-refractivity contribution < 1.29 is 14.2 Å². The third-order valence-electron chi connectivity index (χ3n) is 3.93. The first-order chi connectivity index (χ1) is 12.7. The van der Waals surface area contributed by atoms with Gasteiger partial charge in [-0.15, -0.1) is 0 Å². The van der Waals surface area contributed by atoms with Crippen molar-refractivity contribution in [3.8, 4) is 39.9 Å². The minimum absolute atomic E-state index is 0.523. The molecule has 2 aromatic carbocycles.